The van der Waals surface area contributed by atoms with Crippen LogP contribution in [-0.2, 0) is 11.3 Å². The maximum atomic E-state index is 12.6. The summed E-state index contributed by atoms with van der Waals surface area (Å²) in [6.45, 7) is 3.74. The molecule has 1 unspecified atom stereocenters. The quantitative estimate of drug-likeness (QED) is 0.884. The molecule has 1 aliphatic heterocycles. The number of amides is 1. The van der Waals surface area contributed by atoms with E-state index in [4.69, 9.17) is 0 Å². The molecule has 3 nitrogen and oxygen atoms in total. The summed E-state index contributed by atoms with van der Waals surface area (Å²) in [5, 5.41) is 5.45. The molecule has 1 amide bonds. The van der Waals surface area contributed by atoms with Crippen LogP contribution in [0.5, 0.6) is 0 Å². The summed E-state index contributed by atoms with van der Waals surface area (Å²) in [7, 11) is 1.90. The van der Waals surface area contributed by atoms with E-state index < -0.39 is 0 Å². The number of hydrogen-bond donors (Lipinski definition) is 1. The highest BCUT2D eigenvalue weighted by Crippen LogP contribution is 2.27. The van der Waals surface area contributed by atoms with E-state index in [0.29, 0.717) is 6.54 Å². The van der Waals surface area contributed by atoms with Gasteiger partial charge >= 0.3 is 0 Å². The zero-order chi connectivity index (χ0) is 13.2. The highest BCUT2D eigenvalue weighted by Gasteiger charge is 2.40. The third kappa shape index (κ3) is 3.72. The normalized spacial score (nSPS) is 22.1. The molecular formula is C13H20BrClN2OS. The van der Waals surface area contributed by atoms with Crippen LogP contribution >= 0.6 is 39.7 Å². The number of carbonyl (C=O) groups excluding carboxylic acids is 1. The lowest BCUT2D eigenvalue weighted by atomic mass is 9.92. The van der Waals surface area contributed by atoms with Gasteiger partial charge in [0.05, 0.1) is 12.1 Å². The molecule has 1 aliphatic rings. The standard InChI is InChI=1S/C13H19BrN2OS.ClH/c1-3-13(5-4-6-15-13)12(17)16(2)8-11-7-10(14)9-18-11;/h7,9,15H,3-6,8H2,1-2H3;1H. The summed E-state index contributed by atoms with van der Waals surface area (Å²) < 4.78 is 1.09. The Morgan fingerprint density at radius 1 is 1.63 bits per heavy atom. The second kappa shape index (κ2) is 7.07. The van der Waals surface area contributed by atoms with Gasteiger partial charge in [-0.1, -0.05) is 6.92 Å². The SMILES string of the molecule is CCC1(C(=O)N(C)Cc2cc(Br)cs2)CCCN1.Cl. The van der Waals surface area contributed by atoms with Crippen molar-refractivity contribution in [1.29, 1.82) is 0 Å². The Balaban J connectivity index is 0.00000180. The van der Waals surface area contributed by atoms with E-state index in [1.165, 1.54) is 4.88 Å². The second-order valence-corrected chi connectivity index (χ2v) is 6.77. The topological polar surface area (TPSA) is 32.3 Å². The summed E-state index contributed by atoms with van der Waals surface area (Å²) >= 11 is 5.13. The van der Waals surface area contributed by atoms with Crippen LogP contribution in [-0.4, -0.2) is 29.9 Å². The van der Waals surface area contributed by atoms with Crippen molar-refractivity contribution in [2.75, 3.05) is 13.6 Å². The molecular weight excluding hydrogens is 348 g/mol. The van der Waals surface area contributed by atoms with Gasteiger partial charge in [0.2, 0.25) is 5.91 Å². The minimum absolute atomic E-state index is 0. The third-order valence-electron chi connectivity index (χ3n) is 3.62. The first-order valence-electron chi connectivity index (χ1n) is 6.31. The molecule has 19 heavy (non-hydrogen) atoms. The van der Waals surface area contributed by atoms with E-state index in [9.17, 15) is 4.79 Å². The Morgan fingerprint density at radius 3 is 2.84 bits per heavy atom. The highest BCUT2D eigenvalue weighted by molar-refractivity contribution is 9.10. The average Bonchev–Trinajstić information content (AvgIpc) is 2.98. The molecule has 0 bridgehead atoms. The predicted octanol–water partition coefficient (Wildman–Crippen LogP) is 3.42. The van der Waals surface area contributed by atoms with Gasteiger partial charge in [-0.15, -0.1) is 23.7 Å². The van der Waals surface area contributed by atoms with Gasteiger partial charge in [0.1, 0.15) is 0 Å². The summed E-state index contributed by atoms with van der Waals surface area (Å²) in [6.07, 6.45) is 2.92. The van der Waals surface area contributed by atoms with Gasteiger partial charge in [0.25, 0.3) is 0 Å². The molecule has 1 aromatic rings. The number of carbonyl (C=O) groups is 1. The molecule has 0 aliphatic carbocycles. The van der Waals surface area contributed by atoms with E-state index in [1.807, 2.05) is 11.9 Å². The number of halogens is 2. The minimum Gasteiger partial charge on any atom is -0.339 e. The van der Waals surface area contributed by atoms with E-state index in [0.717, 1.165) is 30.3 Å². The van der Waals surface area contributed by atoms with Crippen molar-refractivity contribution < 1.29 is 4.79 Å². The molecule has 0 spiro atoms. The zero-order valence-electron chi connectivity index (χ0n) is 11.2. The van der Waals surface area contributed by atoms with Crippen molar-refractivity contribution >= 4 is 45.6 Å². The van der Waals surface area contributed by atoms with Crippen molar-refractivity contribution in [1.82, 2.24) is 10.2 Å². The molecule has 0 radical (unpaired) electrons. The van der Waals surface area contributed by atoms with Gasteiger partial charge in [-0.3, -0.25) is 4.79 Å². The van der Waals surface area contributed by atoms with Gasteiger partial charge in [-0.25, -0.2) is 0 Å². The first-order chi connectivity index (χ1) is 8.57. The third-order valence-corrected chi connectivity index (χ3v) is 5.30. The van der Waals surface area contributed by atoms with Gasteiger partial charge in [0, 0.05) is 21.8 Å². The highest BCUT2D eigenvalue weighted by atomic mass is 79.9. The Labute approximate surface area is 133 Å². The lowest BCUT2D eigenvalue weighted by molar-refractivity contribution is -0.137. The van der Waals surface area contributed by atoms with E-state index in [-0.39, 0.29) is 23.9 Å². The average molecular weight is 368 g/mol. The maximum Gasteiger partial charge on any atom is 0.242 e. The second-order valence-electron chi connectivity index (χ2n) is 4.86. The molecule has 1 aromatic heterocycles. The smallest absolute Gasteiger partial charge is 0.242 e. The molecule has 6 heteroatoms. The lowest BCUT2D eigenvalue weighted by Gasteiger charge is -2.31. The van der Waals surface area contributed by atoms with Crippen LogP contribution in [0, 0.1) is 0 Å². The van der Waals surface area contributed by atoms with Crippen molar-refractivity contribution in [3.05, 3.63) is 20.8 Å². The van der Waals surface area contributed by atoms with E-state index in [2.05, 4.69) is 39.6 Å². The van der Waals surface area contributed by atoms with Crippen molar-refractivity contribution in [2.24, 2.45) is 0 Å². The number of rotatable bonds is 4. The Hall–Kier alpha value is -0.100. The first kappa shape index (κ1) is 17.0. The van der Waals surface area contributed by atoms with Crippen molar-refractivity contribution in [3.8, 4) is 0 Å². The molecule has 1 fully saturated rings. The van der Waals surface area contributed by atoms with Crippen LogP contribution < -0.4 is 5.32 Å². The summed E-state index contributed by atoms with van der Waals surface area (Å²) in [5.41, 5.74) is -0.316. The van der Waals surface area contributed by atoms with Crippen LogP contribution in [0.1, 0.15) is 31.1 Å². The maximum absolute atomic E-state index is 12.6. The number of likely N-dealkylation sites (N-methyl/N-ethyl adjacent to an activating group) is 1. The molecule has 1 N–H and O–H groups in total. The molecule has 2 heterocycles. The summed E-state index contributed by atoms with van der Waals surface area (Å²) in [4.78, 5) is 15.6. The van der Waals surface area contributed by atoms with E-state index in [1.54, 1.807) is 11.3 Å². The van der Waals surface area contributed by atoms with Crippen LogP contribution in [0.4, 0.5) is 0 Å². The number of nitrogens with zero attached hydrogens (tertiary/aromatic N) is 1. The van der Waals surface area contributed by atoms with Crippen molar-refractivity contribution in [3.63, 3.8) is 0 Å². The van der Waals surface area contributed by atoms with Gasteiger partial charge in [-0.05, 0) is 47.8 Å². The zero-order valence-corrected chi connectivity index (χ0v) is 14.5. The number of hydrogen-bond acceptors (Lipinski definition) is 3. The van der Waals surface area contributed by atoms with Crippen LogP contribution in [0.15, 0.2) is 15.9 Å². The van der Waals surface area contributed by atoms with Gasteiger partial charge in [0.15, 0.2) is 0 Å². The van der Waals surface area contributed by atoms with Gasteiger partial charge < -0.3 is 10.2 Å². The fourth-order valence-corrected chi connectivity index (χ4v) is 4.05. The molecule has 108 valence electrons. The number of thiophene rings is 1. The Kier molecular flexibility index (Phi) is 6.30. The lowest BCUT2D eigenvalue weighted by Crippen LogP contribution is -2.53. The Morgan fingerprint density at radius 2 is 2.37 bits per heavy atom. The largest absolute Gasteiger partial charge is 0.339 e. The van der Waals surface area contributed by atoms with E-state index >= 15 is 0 Å². The molecule has 2 rings (SSSR count). The summed E-state index contributed by atoms with van der Waals surface area (Å²) in [5.74, 6) is 0.229. The van der Waals surface area contributed by atoms with Crippen LogP contribution in [0.3, 0.4) is 0 Å². The molecule has 1 saturated heterocycles. The fraction of sp³-hybridized carbons (Fsp3) is 0.615. The fourth-order valence-electron chi connectivity index (χ4n) is 2.55. The number of nitrogens with one attached hydrogen (secondary N) is 1. The monoisotopic (exact) mass is 366 g/mol. The molecule has 0 aromatic carbocycles. The first-order valence-corrected chi connectivity index (χ1v) is 7.98. The van der Waals surface area contributed by atoms with Crippen LogP contribution in [0.2, 0.25) is 0 Å². The predicted molar refractivity (Wildman–Crippen MR) is 86.0 cm³/mol. The summed E-state index contributed by atoms with van der Waals surface area (Å²) in [6, 6.07) is 2.08. The Bertz CT molecular complexity index is 432. The van der Waals surface area contributed by atoms with Crippen LogP contribution in [0.25, 0.3) is 0 Å². The molecule has 1 atom stereocenters. The van der Waals surface area contributed by atoms with Crippen molar-refractivity contribution in [2.45, 2.75) is 38.3 Å². The van der Waals surface area contributed by atoms with Gasteiger partial charge in [-0.2, -0.15) is 0 Å². The minimum atomic E-state index is -0.316. The molecule has 0 saturated carbocycles.